The van der Waals surface area contributed by atoms with Crippen LogP contribution in [0.5, 0.6) is 0 Å². The molecule has 2 N–H and O–H groups in total. The van der Waals surface area contributed by atoms with Crippen LogP contribution in [0.4, 0.5) is 5.69 Å². The van der Waals surface area contributed by atoms with Crippen molar-refractivity contribution in [1.29, 1.82) is 0 Å². The number of nitrogen functional groups attached to an aromatic ring is 1. The molecule has 0 unspecified atom stereocenters. The SMILES string of the molecule is CC(=O)Cc1ccc(N)c2nonc12. The van der Waals surface area contributed by atoms with Gasteiger partial charge in [-0.05, 0) is 28.9 Å². The van der Waals surface area contributed by atoms with Crippen LogP contribution in [0.15, 0.2) is 16.8 Å². The van der Waals surface area contributed by atoms with Crippen LogP contribution < -0.4 is 5.73 Å². The number of nitrogens with two attached hydrogens (primary N) is 1. The molecule has 0 atom stereocenters. The van der Waals surface area contributed by atoms with Gasteiger partial charge in [-0.3, -0.25) is 4.79 Å². The van der Waals surface area contributed by atoms with Crippen LogP contribution in [0.25, 0.3) is 11.0 Å². The summed E-state index contributed by atoms with van der Waals surface area (Å²) in [6, 6.07) is 3.47. The van der Waals surface area contributed by atoms with Gasteiger partial charge in [-0.1, -0.05) is 6.07 Å². The van der Waals surface area contributed by atoms with Crippen molar-refractivity contribution in [1.82, 2.24) is 10.3 Å². The lowest BCUT2D eigenvalue weighted by molar-refractivity contribution is -0.116. The number of carbonyl (C=O) groups excluding carboxylic acids is 1. The number of aromatic nitrogens is 2. The second-order valence-electron chi connectivity index (χ2n) is 3.15. The highest BCUT2D eigenvalue weighted by Gasteiger charge is 2.10. The molecular formula is C9H9N3O2. The number of hydrogen-bond acceptors (Lipinski definition) is 5. The van der Waals surface area contributed by atoms with Crippen LogP contribution in [0, 0.1) is 0 Å². The zero-order valence-electron chi connectivity index (χ0n) is 7.65. The Morgan fingerprint density at radius 1 is 1.43 bits per heavy atom. The third-order valence-corrected chi connectivity index (χ3v) is 1.97. The minimum atomic E-state index is 0.0686. The predicted molar refractivity (Wildman–Crippen MR) is 50.6 cm³/mol. The number of fused-ring (bicyclic) bond motifs is 1. The number of benzene rings is 1. The Morgan fingerprint density at radius 2 is 2.14 bits per heavy atom. The summed E-state index contributed by atoms with van der Waals surface area (Å²) in [7, 11) is 0. The zero-order valence-corrected chi connectivity index (χ0v) is 7.65. The number of Topliss-reactive ketones (excluding diaryl/α,β-unsaturated/α-hetero) is 1. The van der Waals surface area contributed by atoms with E-state index in [4.69, 9.17) is 5.73 Å². The summed E-state index contributed by atoms with van der Waals surface area (Å²) < 4.78 is 4.58. The van der Waals surface area contributed by atoms with Crippen molar-refractivity contribution in [3.8, 4) is 0 Å². The maximum Gasteiger partial charge on any atom is 0.158 e. The average Bonchev–Trinajstić information content (AvgIpc) is 2.58. The van der Waals surface area contributed by atoms with Gasteiger partial charge in [0.15, 0.2) is 5.52 Å². The van der Waals surface area contributed by atoms with E-state index in [0.29, 0.717) is 23.1 Å². The maximum atomic E-state index is 11.0. The van der Waals surface area contributed by atoms with Gasteiger partial charge < -0.3 is 5.73 Å². The molecule has 0 aliphatic heterocycles. The first-order valence-corrected chi connectivity index (χ1v) is 4.17. The molecule has 0 amide bonds. The quantitative estimate of drug-likeness (QED) is 0.714. The van der Waals surface area contributed by atoms with Gasteiger partial charge in [0, 0.05) is 6.42 Å². The van der Waals surface area contributed by atoms with Crippen molar-refractivity contribution in [2.24, 2.45) is 0 Å². The molecule has 0 saturated carbocycles. The van der Waals surface area contributed by atoms with E-state index in [2.05, 4.69) is 14.9 Å². The lowest BCUT2D eigenvalue weighted by Gasteiger charge is -1.98. The molecule has 0 fully saturated rings. The van der Waals surface area contributed by atoms with Gasteiger partial charge in [-0.2, -0.15) is 0 Å². The van der Waals surface area contributed by atoms with Crippen molar-refractivity contribution in [3.05, 3.63) is 17.7 Å². The van der Waals surface area contributed by atoms with E-state index in [-0.39, 0.29) is 5.78 Å². The molecule has 0 radical (unpaired) electrons. The van der Waals surface area contributed by atoms with Crippen molar-refractivity contribution < 1.29 is 9.42 Å². The largest absolute Gasteiger partial charge is 0.397 e. The smallest absolute Gasteiger partial charge is 0.158 e. The first-order valence-electron chi connectivity index (χ1n) is 4.17. The number of hydrogen-bond donors (Lipinski definition) is 1. The highest BCUT2D eigenvalue weighted by Crippen LogP contribution is 2.21. The predicted octanol–water partition coefficient (Wildman–Crippen LogP) is 0.936. The summed E-state index contributed by atoms with van der Waals surface area (Å²) in [6.45, 7) is 1.52. The van der Waals surface area contributed by atoms with Gasteiger partial charge in [0.1, 0.15) is 11.3 Å². The van der Waals surface area contributed by atoms with Crippen LogP contribution in [-0.4, -0.2) is 16.1 Å². The average molecular weight is 191 g/mol. The number of carbonyl (C=O) groups is 1. The Hall–Kier alpha value is -1.91. The van der Waals surface area contributed by atoms with E-state index in [9.17, 15) is 4.79 Å². The Bertz CT molecular complexity index is 490. The van der Waals surface area contributed by atoms with E-state index in [0.717, 1.165) is 5.56 Å². The zero-order chi connectivity index (χ0) is 10.1. The summed E-state index contributed by atoms with van der Waals surface area (Å²) in [6.07, 6.45) is 0.324. The van der Waals surface area contributed by atoms with Gasteiger partial charge in [0.25, 0.3) is 0 Å². The third-order valence-electron chi connectivity index (χ3n) is 1.97. The summed E-state index contributed by atoms with van der Waals surface area (Å²) in [4.78, 5) is 11.0. The molecular weight excluding hydrogens is 182 g/mol. The molecule has 2 rings (SSSR count). The fraction of sp³-hybridized carbons (Fsp3) is 0.222. The summed E-state index contributed by atoms with van der Waals surface area (Å²) in [5.74, 6) is 0.0686. The Balaban J connectivity index is 2.60. The molecule has 0 aliphatic carbocycles. The first kappa shape index (κ1) is 8.68. The molecule has 72 valence electrons. The van der Waals surface area contributed by atoms with E-state index < -0.39 is 0 Å². The van der Waals surface area contributed by atoms with Crippen molar-refractivity contribution in [2.75, 3.05) is 5.73 Å². The fourth-order valence-electron chi connectivity index (χ4n) is 1.35. The van der Waals surface area contributed by atoms with Gasteiger partial charge in [-0.15, -0.1) is 0 Å². The second-order valence-corrected chi connectivity index (χ2v) is 3.15. The summed E-state index contributed by atoms with van der Waals surface area (Å²) in [5, 5.41) is 7.38. The molecule has 0 saturated heterocycles. The molecule has 0 spiro atoms. The maximum absolute atomic E-state index is 11.0. The second kappa shape index (κ2) is 3.10. The van der Waals surface area contributed by atoms with Gasteiger partial charge in [0.05, 0.1) is 5.69 Å². The van der Waals surface area contributed by atoms with Crippen LogP contribution in [0.1, 0.15) is 12.5 Å². The van der Waals surface area contributed by atoms with Crippen molar-refractivity contribution in [3.63, 3.8) is 0 Å². The molecule has 2 aromatic rings. The normalized spacial score (nSPS) is 10.6. The monoisotopic (exact) mass is 191 g/mol. The minimum Gasteiger partial charge on any atom is -0.397 e. The minimum absolute atomic E-state index is 0.0686. The van der Waals surface area contributed by atoms with E-state index in [1.54, 1.807) is 12.1 Å². The molecule has 0 aliphatic rings. The fourth-order valence-corrected chi connectivity index (χ4v) is 1.35. The van der Waals surface area contributed by atoms with Crippen molar-refractivity contribution in [2.45, 2.75) is 13.3 Å². The number of ketones is 1. The van der Waals surface area contributed by atoms with Gasteiger partial charge in [-0.25, -0.2) is 4.63 Å². The van der Waals surface area contributed by atoms with Crippen LogP contribution in [-0.2, 0) is 11.2 Å². The number of rotatable bonds is 2. The van der Waals surface area contributed by atoms with Crippen LogP contribution in [0.2, 0.25) is 0 Å². The topological polar surface area (TPSA) is 82.0 Å². The van der Waals surface area contributed by atoms with Gasteiger partial charge in [0.2, 0.25) is 0 Å². The molecule has 0 bridgehead atoms. The molecule has 5 nitrogen and oxygen atoms in total. The molecule has 14 heavy (non-hydrogen) atoms. The Labute approximate surface area is 79.8 Å². The number of anilines is 1. The molecule has 5 heteroatoms. The summed E-state index contributed by atoms with van der Waals surface area (Å²) in [5.41, 5.74) is 8.04. The third kappa shape index (κ3) is 1.32. The lowest BCUT2D eigenvalue weighted by atomic mass is 10.1. The summed E-state index contributed by atoms with van der Waals surface area (Å²) >= 11 is 0. The van der Waals surface area contributed by atoms with E-state index in [1.807, 2.05) is 0 Å². The van der Waals surface area contributed by atoms with Crippen LogP contribution in [0.3, 0.4) is 0 Å². The molecule has 1 aromatic heterocycles. The Kier molecular flexibility index (Phi) is 1.92. The van der Waals surface area contributed by atoms with Crippen molar-refractivity contribution >= 4 is 22.5 Å². The standard InChI is InChI=1S/C9H9N3O2/c1-5(13)4-6-2-3-7(10)9-8(6)11-14-12-9/h2-3H,4,10H2,1H3. The first-order chi connectivity index (χ1) is 6.68. The highest BCUT2D eigenvalue weighted by molar-refractivity contribution is 5.91. The number of nitrogens with zero attached hydrogens (tertiary/aromatic N) is 2. The van der Waals surface area contributed by atoms with E-state index in [1.165, 1.54) is 6.92 Å². The lowest BCUT2D eigenvalue weighted by Crippen LogP contribution is -1.98. The van der Waals surface area contributed by atoms with Crippen LogP contribution >= 0.6 is 0 Å². The highest BCUT2D eigenvalue weighted by atomic mass is 16.6. The van der Waals surface area contributed by atoms with Gasteiger partial charge >= 0.3 is 0 Å². The molecule has 1 aromatic carbocycles. The molecule has 1 heterocycles. The van der Waals surface area contributed by atoms with E-state index >= 15 is 0 Å². The Morgan fingerprint density at radius 3 is 2.86 bits per heavy atom.